The standard InChI is InChI=1S/C13H19Cl2N/c1-2-3-4-5-6-7-8-11-9-10-12(14)16-13(11)15/h9-10H,2-8H2,1H3. The lowest BCUT2D eigenvalue weighted by molar-refractivity contribution is 0.607. The summed E-state index contributed by atoms with van der Waals surface area (Å²) >= 11 is 11.7. The second-order valence-electron chi connectivity index (χ2n) is 4.10. The molecule has 0 aliphatic heterocycles. The summed E-state index contributed by atoms with van der Waals surface area (Å²) in [5.41, 5.74) is 1.11. The number of pyridine rings is 1. The molecule has 0 N–H and O–H groups in total. The van der Waals surface area contributed by atoms with Crippen molar-refractivity contribution in [3.05, 3.63) is 28.0 Å². The van der Waals surface area contributed by atoms with Gasteiger partial charge in [-0.1, -0.05) is 68.3 Å². The summed E-state index contributed by atoms with van der Waals surface area (Å²) in [7, 11) is 0. The Balaban J connectivity index is 2.21. The summed E-state index contributed by atoms with van der Waals surface area (Å²) in [6.07, 6.45) is 8.80. The van der Waals surface area contributed by atoms with Crippen LogP contribution >= 0.6 is 23.2 Å². The fraction of sp³-hybridized carbons (Fsp3) is 0.615. The number of hydrogen-bond donors (Lipinski definition) is 0. The molecule has 0 aliphatic rings. The molecular formula is C13H19Cl2N. The highest BCUT2D eigenvalue weighted by Gasteiger charge is 2.02. The largest absolute Gasteiger partial charge is 0.224 e. The van der Waals surface area contributed by atoms with Gasteiger partial charge in [0.05, 0.1) is 0 Å². The van der Waals surface area contributed by atoms with Crippen molar-refractivity contribution in [3.63, 3.8) is 0 Å². The van der Waals surface area contributed by atoms with Gasteiger partial charge in [-0.15, -0.1) is 0 Å². The molecule has 0 spiro atoms. The van der Waals surface area contributed by atoms with Crippen LogP contribution in [0.1, 0.15) is 51.0 Å². The highest BCUT2D eigenvalue weighted by molar-refractivity contribution is 6.32. The molecule has 1 nitrogen and oxygen atoms in total. The topological polar surface area (TPSA) is 12.9 Å². The Labute approximate surface area is 108 Å². The Morgan fingerprint density at radius 2 is 1.69 bits per heavy atom. The van der Waals surface area contributed by atoms with E-state index in [1.807, 2.05) is 6.07 Å². The molecular weight excluding hydrogens is 241 g/mol. The number of rotatable bonds is 7. The maximum Gasteiger partial charge on any atom is 0.134 e. The average molecular weight is 260 g/mol. The smallest absolute Gasteiger partial charge is 0.134 e. The molecule has 0 amide bonds. The average Bonchev–Trinajstić information content (AvgIpc) is 2.26. The Morgan fingerprint density at radius 1 is 1.00 bits per heavy atom. The van der Waals surface area contributed by atoms with E-state index in [9.17, 15) is 0 Å². The summed E-state index contributed by atoms with van der Waals surface area (Å²) in [5, 5.41) is 1.03. The lowest BCUT2D eigenvalue weighted by Gasteiger charge is -2.04. The van der Waals surface area contributed by atoms with Crippen molar-refractivity contribution in [1.82, 2.24) is 4.98 Å². The van der Waals surface area contributed by atoms with Crippen LogP contribution in [0.4, 0.5) is 0 Å². The molecule has 3 heteroatoms. The summed E-state index contributed by atoms with van der Waals surface area (Å²) in [6, 6.07) is 3.78. The van der Waals surface area contributed by atoms with E-state index < -0.39 is 0 Å². The highest BCUT2D eigenvalue weighted by atomic mass is 35.5. The van der Waals surface area contributed by atoms with Gasteiger partial charge in [0.15, 0.2) is 0 Å². The molecule has 0 atom stereocenters. The lowest BCUT2D eigenvalue weighted by atomic mass is 10.1. The van der Waals surface area contributed by atoms with Crippen LogP contribution in [0.25, 0.3) is 0 Å². The first-order valence-electron chi connectivity index (χ1n) is 6.05. The molecule has 1 heterocycles. The minimum atomic E-state index is 0.469. The van der Waals surface area contributed by atoms with Crippen LogP contribution in [0, 0.1) is 0 Å². The van der Waals surface area contributed by atoms with Crippen molar-refractivity contribution in [1.29, 1.82) is 0 Å². The second-order valence-corrected chi connectivity index (χ2v) is 4.85. The molecule has 0 bridgehead atoms. The second kappa shape index (κ2) is 7.92. The van der Waals surface area contributed by atoms with Crippen LogP contribution < -0.4 is 0 Å². The summed E-state index contributed by atoms with van der Waals surface area (Å²) in [6.45, 7) is 2.24. The van der Waals surface area contributed by atoms with E-state index >= 15 is 0 Å². The van der Waals surface area contributed by atoms with E-state index in [0.29, 0.717) is 10.3 Å². The molecule has 1 aromatic rings. The van der Waals surface area contributed by atoms with Gasteiger partial charge in [0, 0.05) is 0 Å². The van der Waals surface area contributed by atoms with Gasteiger partial charge in [0.1, 0.15) is 10.3 Å². The van der Waals surface area contributed by atoms with E-state index in [-0.39, 0.29) is 0 Å². The molecule has 0 unspecified atom stereocenters. The molecule has 0 saturated heterocycles. The SMILES string of the molecule is CCCCCCCCc1ccc(Cl)nc1Cl. The predicted molar refractivity (Wildman–Crippen MR) is 71.3 cm³/mol. The minimum Gasteiger partial charge on any atom is -0.224 e. The van der Waals surface area contributed by atoms with Gasteiger partial charge in [-0.25, -0.2) is 4.98 Å². The fourth-order valence-corrected chi connectivity index (χ4v) is 2.16. The fourth-order valence-electron chi connectivity index (χ4n) is 1.72. The molecule has 0 aromatic carbocycles. The van der Waals surface area contributed by atoms with Crippen molar-refractivity contribution < 1.29 is 0 Å². The highest BCUT2D eigenvalue weighted by Crippen LogP contribution is 2.19. The summed E-state index contributed by atoms with van der Waals surface area (Å²) < 4.78 is 0. The quantitative estimate of drug-likeness (QED) is 0.479. The van der Waals surface area contributed by atoms with Crippen molar-refractivity contribution in [2.75, 3.05) is 0 Å². The zero-order chi connectivity index (χ0) is 11.8. The first kappa shape index (κ1) is 13.8. The molecule has 0 radical (unpaired) electrons. The number of unbranched alkanes of at least 4 members (excludes halogenated alkanes) is 5. The number of aromatic nitrogens is 1. The molecule has 0 aliphatic carbocycles. The van der Waals surface area contributed by atoms with E-state index in [4.69, 9.17) is 23.2 Å². The number of nitrogens with zero attached hydrogens (tertiary/aromatic N) is 1. The molecule has 1 aromatic heterocycles. The first-order chi connectivity index (χ1) is 7.74. The molecule has 1 rings (SSSR count). The minimum absolute atomic E-state index is 0.469. The van der Waals surface area contributed by atoms with Gasteiger partial charge in [-0.3, -0.25) is 0 Å². The first-order valence-corrected chi connectivity index (χ1v) is 6.80. The van der Waals surface area contributed by atoms with Crippen molar-refractivity contribution >= 4 is 23.2 Å². The van der Waals surface area contributed by atoms with Crippen LogP contribution in [0.2, 0.25) is 10.3 Å². The number of aryl methyl sites for hydroxylation is 1. The Kier molecular flexibility index (Phi) is 6.82. The maximum absolute atomic E-state index is 6.00. The molecule has 90 valence electrons. The molecule has 0 fully saturated rings. The van der Waals surface area contributed by atoms with E-state index in [1.165, 1.54) is 38.5 Å². The van der Waals surface area contributed by atoms with Crippen LogP contribution in [0.15, 0.2) is 12.1 Å². The van der Waals surface area contributed by atoms with Gasteiger partial charge in [-0.05, 0) is 24.5 Å². The van der Waals surface area contributed by atoms with Crippen molar-refractivity contribution in [2.24, 2.45) is 0 Å². The maximum atomic E-state index is 6.00. The Morgan fingerprint density at radius 3 is 2.38 bits per heavy atom. The Bertz CT molecular complexity index is 313. The zero-order valence-corrected chi connectivity index (χ0v) is 11.3. The van der Waals surface area contributed by atoms with Gasteiger partial charge in [0.25, 0.3) is 0 Å². The Hall–Kier alpha value is -0.270. The van der Waals surface area contributed by atoms with Crippen LogP contribution in [0.5, 0.6) is 0 Å². The predicted octanol–water partition coefficient (Wildman–Crippen LogP) is 5.29. The van der Waals surface area contributed by atoms with Crippen LogP contribution in [-0.2, 0) is 6.42 Å². The van der Waals surface area contributed by atoms with Crippen molar-refractivity contribution in [3.8, 4) is 0 Å². The monoisotopic (exact) mass is 259 g/mol. The number of hydrogen-bond acceptors (Lipinski definition) is 1. The normalized spacial score (nSPS) is 10.7. The third-order valence-corrected chi connectivity index (χ3v) is 3.23. The van der Waals surface area contributed by atoms with Gasteiger partial charge in [-0.2, -0.15) is 0 Å². The van der Waals surface area contributed by atoms with Crippen LogP contribution in [-0.4, -0.2) is 4.98 Å². The van der Waals surface area contributed by atoms with Gasteiger partial charge >= 0.3 is 0 Å². The van der Waals surface area contributed by atoms with Gasteiger partial charge < -0.3 is 0 Å². The van der Waals surface area contributed by atoms with E-state index in [1.54, 1.807) is 6.07 Å². The van der Waals surface area contributed by atoms with E-state index in [0.717, 1.165) is 12.0 Å². The third kappa shape index (κ3) is 5.18. The van der Waals surface area contributed by atoms with Crippen molar-refractivity contribution in [2.45, 2.75) is 51.9 Å². The zero-order valence-electron chi connectivity index (χ0n) is 9.81. The van der Waals surface area contributed by atoms with Crippen LogP contribution in [0.3, 0.4) is 0 Å². The summed E-state index contributed by atoms with van der Waals surface area (Å²) in [5.74, 6) is 0. The van der Waals surface area contributed by atoms with E-state index in [2.05, 4.69) is 11.9 Å². The number of halogens is 2. The summed E-state index contributed by atoms with van der Waals surface area (Å²) in [4.78, 5) is 4.03. The van der Waals surface area contributed by atoms with Gasteiger partial charge in [0.2, 0.25) is 0 Å². The lowest BCUT2D eigenvalue weighted by Crippen LogP contribution is -1.90. The third-order valence-electron chi connectivity index (χ3n) is 2.69. The molecule has 16 heavy (non-hydrogen) atoms. The molecule has 0 saturated carbocycles.